The first kappa shape index (κ1) is 24.4. The van der Waals surface area contributed by atoms with Gasteiger partial charge in [-0.2, -0.15) is 13.2 Å². The Bertz CT molecular complexity index is 933. The summed E-state index contributed by atoms with van der Waals surface area (Å²) in [5.74, 6) is -1.82. The predicted molar refractivity (Wildman–Crippen MR) is 111 cm³/mol. The van der Waals surface area contributed by atoms with Crippen molar-refractivity contribution in [1.82, 2.24) is 19.9 Å². The number of likely N-dealkylation sites (tertiary alicyclic amines) is 1. The van der Waals surface area contributed by atoms with Crippen LogP contribution in [0.2, 0.25) is 0 Å². The van der Waals surface area contributed by atoms with E-state index in [2.05, 4.69) is 19.9 Å². The lowest BCUT2D eigenvalue weighted by Gasteiger charge is -2.43. The number of hydrogen-bond donors (Lipinski definition) is 1. The topological polar surface area (TPSA) is 109 Å². The molecule has 0 radical (unpaired) electrons. The molecule has 178 valence electrons. The van der Waals surface area contributed by atoms with E-state index in [4.69, 9.17) is 14.6 Å². The molecule has 9 nitrogen and oxygen atoms in total. The third kappa shape index (κ3) is 6.60. The van der Waals surface area contributed by atoms with Gasteiger partial charge in [0.05, 0.1) is 19.4 Å². The van der Waals surface area contributed by atoms with Crippen LogP contribution in [0.15, 0.2) is 43.1 Å². The van der Waals surface area contributed by atoms with Crippen LogP contribution in [-0.4, -0.2) is 82.4 Å². The summed E-state index contributed by atoms with van der Waals surface area (Å²) in [4.78, 5) is 38.6. The van der Waals surface area contributed by atoms with E-state index < -0.39 is 12.1 Å². The summed E-state index contributed by atoms with van der Waals surface area (Å²) in [6, 6.07) is 3.55. The van der Waals surface area contributed by atoms with Gasteiger partial charge < -0.3 is 19.6 Å². The van der Waals surface area contributed by atoms with Gasteiger partial charge in [-0.05, 0) is 25.0 Å². The molecule has 0 saturated carbocycles. The van der Waals surface area contributed by atoms with Crippen molar-refractivity contribution >= 4 is 17.7 Å². The first-order chi connectivity index (χ1) is 15.7. The van der Waals surface area contributed by atoms with Crippen molar-refractivity contribution in [1.29, 1.82) is 0 Å². The van der Waals surface area contributed by atoms with Crippen LogP contribution in [0, 0.1) is 5.41 Å². The molecule has 2 aliphatic rings. The van der Waals surface area contributed by atoms with Gasteiger partial charge in [-0.3, -0.25) is 14.8 Å². The number of carboxylic acid groups (broad SMARTS) is 1. The Morgan fingerprint density at radius 1 is 1.06 bits per heavy atom. The van der Waals surface area contributed by atoms with Crippen molar-refractivity contribution in [2.45, 2.75) is 19.0 Å². The van der Waals surface area contributed by atoms with Gasteiger partial charge in [-0.1, -0.05) is 0 Å². The molecule has 33 heavy (non-hydrogen) atoms. The zero-order valence-corrected chi connectivity index (χ0v) is 17.7. The number of ether oxygens (including phenoxy) is 1. The minimum absolute atomic E-state index is 0.0711. The van der Waals surface area contributed by atoms with Crippen molar-refractivity contribution < 1.29 is 32.6 Å². The highest BCUT2D eigenvalue weighted by Crippen LogP contribution is 2.34. The molecule has 4 heterocycles. The molecule has 2 saturated heterocycles. The molecule has 1 unspecified atom stereocenters. The van der Waals surface area contributed by atoms with Gasteiger partial charge in [0.25, 0.3) is 5.91 Å². The summed E-state index contributed by atoms with van der Waals surface area (Å²) in [5, 5.41) is 7.12. The van der Waals surface area contributed by atoms with Crippen LogP contribution in [0.4, 0.5) is 19.0 Å². The first-order valence-corrected chi connectivity index (χ1v) is 10.3. The number of anilines is 1. The highest BCUT2D eigenvalue weighted by atomic mass is 19.4. The second kappa shape index (κ2) is 10.6. The lowest BCUT2D eigenvalue weighted by Crippen LogP contribution is -2.52. The summed E-state index contributed by atoms with van der Waals surface area (Å²) in [7, 11) is 0. The van der Waals surface area contributed by atoms with E-state index in [9.17, 15) is 18.0 Å². The summed E-state index contributed by atoms with van der Waals surface area (Å²) in [6.07, 6.45) is 5.46. The van der Waals surface area contributed by atoms with Crippen LogP contribution < -0.4 is 4.90 Å². The molecule has 2 fully saturated rings. The predicted octanol–water partition coefficient (Wildman–Crippen LogP) is 2.26. The van der Waals surface area contributed by atoms with E-state index in [0.717, 1.165) is 38.3 Å². The molecule has 1 atom stereocenters. The highest BCUT2D eigenvalue weighted by molar-refractivity contribution is 5.94. The highest BCUT2D eigenvalue weighted by Gasteiger charge is 2.41. The molecule has 2 aromatic rings. The van der Waals surface area contributed by atoms with Crippen LogP contribution >= 0.6 is 0 Å². The van der Waals surface area contributed by atoms with Crippen LogP contribution in [0.3, 0.4) is 0 Å². The normalized spacial score (nSPS) is 21.1. The van der Waals surface area contributed by atoms with Crippen molar-refractivity contribution in [2.75, 3.05) is 44.3 Å². The molecule has 1 N–H and O–H groups in total. The zero-order valence-electron chi connectivity index (χ0n) is 17.7. The molecule has 0 bridgehead atoms. The minimum Gasteiger partial charge on any atom is -0.475 e. The Balaban J connectivity index is 0.000000383. The maximum absolute atomic E-state index is 12.9. The Morgan fingerprint density at radius 3 is 2.42 bits per heavy atom. The van der Waals surface area contributed by atoms with Gasteiger partial charge in [-0.25, -0.2) is 9.78 Å². The number of pyridine rings is 1. The molecule has 0 aromatic carbocycles. The zero-order chi connectivity index (χ0) is 23.9. The Labute approximate surface area is 188 Å². The summed E-state index contributed by atoms with van der Waals surface area (Å²) in [6.45, 7) is 4.43. The van der Waals surface area contributed by atoms with Crippen LogP contribution in [-0.2, 0) is 9.53 Å². The Kier molecular flexibility index (Phi) is 7.79. The number of amides is 1. The number of rotatable bonds is 2. The average Bonchev–Trinajstić information content (AvgIpc) is 3.02. The van der Waals surface area contributed by atoms with Crippen molar-refractivity contribution in [2.24, 2.45) is 5.41 Å². The van der Waals surface area contributed by atoms with Gasteiger partial charge in [0.1, 0.15) is 5.82 Å². The molecule has 2 aliphatic heterocycles. The molecule has 2 aromatic heterocycles. The van der Waals surface area contributed by atoms with Crippen molar-refractivity contribution in [3.05, 3.63) is 48.7 Å². The van der Waals surface area contributed by atoms with Crippen LogP contribution in [0.5, 0.6) is 0 Å². The number of halogens is 3. The minimum atomic E-state index is -5.08. The van der Waals surface area contributed by atoms with Gasteiger partial charge in [-0.15, -0.1) is 0 Å². The fourth-order valence-electron chi connectivity index (χ4n) is 3.95. The van der Waals surface area contributed by atoms with E-state index in [1.54, 1.807) is 43.1 Å². The monoisotopic (exact) mass is 467 g/mol. The van der Waals surface area contributed by atoms with E-state index in [-0.39, 0.29) is 11.3 Å². The van der Waals surface area contributed by atoms with E-state index in [0.29, 0.717) is 25.3 Å². The smallest absolute Gasteiger partial charge is 0.475 e. The Morgan fingerprint density at radius 2 is 1.79 bits per heavy atom. The maximum atomic E-state index is 12.9. The third-order valence-corrected chi connectivity index (χ3v) is 5.43. The summed E-state index contributed by atoms with van der Waals surface area (Å²) < 4.78 is 37.7. The second-order valence-corrected chi connectivity index (χ2v) is 7.91. The van der Waals surface area contributed by atoms with E-state index in [1.807, 2.05) is 4.90 Å². The fourth-order valence-corrected chi connectivity index (χ4v) is 3.95. The quantitative estimate of drug-likeness (QED) is 0.717. The number of carbonyl (C=O) groups excluding carboxylic acids is 1. The number of hydrogen-bond acceptors (Lipinski definition) is 7. The number of piperidine rings is 1. The molecular weight excluding hydrogens is 443 g/mol. The number of carbonyl (C=O) groups is 2. The number of aliphatic carboxylic acids is 1. The summed E-state index contributed by atoms with van der Waals surface area (Å²) >= 11 is 0. The SMILES string of the molecule is O=C(O)C(F)(F)F.O=C(c1ccncc1)N1CCCC2(COCCN(c3cnccn3)C2)C1. The molecule has 1 amide bonds. The lowest BCUT2D eigenvalue weighted by atomic mass is 9.80. The van der Waals surface area contributed by atoms with Gasteiger partial charge >= 0.3 is 12.1 Å². The molecular formula is C21H24F3N5O4. The van der Waals surface area contributed by atoms with E-state index in [1.165, 1.54) is 0 Å². The number of nitrogens with zero attached hydrogens (tertiary/aromatic N) is 5. The largest absolute Gasteiger partial charge is 0.490 e. The van der Waals surface area contributed by atoms with Crippen LogP contribution in [0.25, 0.3) is 0 Å². The average molecular weight is 467 g/mol. The number of carboxylic acids is 1. The summed E-state index contributed by atoms with van der Waals surface area (Å²) in [5.41, 5.74) is 0.618. The number of aromatic nitrogens is 3. The maximum Gasteiger partial charge on any atom is 0.490 e. The molecule has 4 rings (SSSR count). The fraction of sp³-hybridized carbons (Fsp3) is 0.476. The van der Waals surface area contributed by atoms with Crippen molar-refractivity contribution in [3.8, 4) is 0 Å². The third-order valence-electron chi connectivity index (χ3n) is 5.43. The molecule has 12 heteroatoms. The molecule has 1 spiro atoms. The van der Waals surface area contributed by atoms with Gasteiger partial charge in [0.2, 0.25) is 0 Å². The van der Waals surface area contributed by atoms with Crippen LogP contribution in [0.1, 0.15) is 23.2 Å². The van der Waals surface area contributed by atoms with Crippen molar-refractivity contribution in [3.63, 3.8) is 0 Å². The second-order valence-electron chi connectivity index (χ2n) is 7.91. The lowest BCUT2D eigenvalue weighted by molar-refractivity contribution is -0.192. The van der Waals surface area contributed by atoms with Gasteiger partial charge in [0, 0.05) is 61.9 Å². The van der Waals surface area contributed by atoms with Gasteiger partial charge in [0.15, 0.2) is 0 Å². The first-order valence-electron chi connectivity index (χ1n) is 10.3. The van der Waals surface area contributed by atoms with E-state index >= 15 is 0 Å². The number of alkyl halides is 3. The molecule has 0 aliphatic carbocycles. The standard InChI is InChI=1S/C19H23N5O2.C2HF3O2/c25-18(16-2-5-20-6-3-16)24-9-1-4-19(14-24)13-23(10-11-26-15-19)17-12-21-7-8-22-17;3-2(4,5)1(6)7/h2-3,5-8,12H,1,4,9-11,13-15H2;(H,6,7). The Hall–Kier alpha value is -3.28.